The van der Waals surface area contributed by atoms with Crippen LogP contribution in [0.3, 0.4) is 0 Å². The first-order valence-electron chi connectivity index (χ1n) is 8.27. The summed E-state index contributed by atoms with van der Waals surface area (Å²) < 4.78 is 5.25. The zero-order chi connectivity index (χ0) is 18.6. The average molecular weight is 355 g/mol. The molecule has 0 bridgehead atoms. The third-order valence-electron chi connectivity index (χ3n) is 5.40. The number of hydrogen-bond donors (Lipinski definition) is 6. The molecular formula is C17H25NO7. The Kier molecular flexibility index (Phi) is 4.47. The number of fused-ring (bicyclic) bond motifs is 1. The monoisotopic (exact) mass is 355 g/mol. The minimum atomic E-state index is -2.02. The summed E-state index contributed by atoms with van der Waals surface area (Å²) >= 11 is 0. The molecule has 8 nitrogen and oxygen atoms in total. The molecule has 0 aromatic heterocycles. The van der Waals surface area contributed by atoms with Crippen LogP contribution < -0.4 is 0 Å². The van der Waals surface area contributed by atoms with Crippen LogP contribution in [0.2, 0.25) is 0 Å². The quantitative estimate of drug-likeness (QED) is 0.372. The van der Waals surface area contributed by atoms with Gasteiger partial charge in [-0.3, -0.25) is 4.90 Å². The fourth-order valence-corrected chi connectivity index (χ4v) is 3.68. The van der Waals surface area contributed by atoms with Gasteiger partial charge in [-0.2, -0.15) is 0 Å². The minimum Gasteiger partial charge on any atom is -0.504 e. The molecule has 0 aliphatic carbocycles. The number of benzene rings is 1. The van der Waals surface area contributed by atoms with Crippen LogP contribution in [0.25, 0.3) is 0 Å². The Hall–Kier alpha value is -1.42. The number of rotatable bonds is 2. The largest absolute Gasteiger partial charge is 0.504 e. The van der Waals surface area contributed by atoms with Gasteiger partial charge in [0.15, 0.2) is 11.5 Å². The van der Waals surface area contributed by atoms with Gasteiger partial charge < -0.3 is 35.4 Å². The minimum absolute atomic E-state index is 0.0912. The molecule has 4 atom stereocenters. The molecule has 2 aliphatic rings. The highest BCUT2D eigenvalue weighted by atomic mass is 16.6. The summed E-state index contributed by atoms with van der Waals surface area (Å²) in [5.74, 6) is -2.42. The lowest BCUT2D eigenvalue weighted by Crippen LogP contribution is -2.66. The maximum absolute atomic E-state index is 10.7. The summed E-state index contributed by atoms with van der Waals surface area (Å²) in [5.41, 5.74) is 1.06. The molecule has 3 rings (SSSR count). The number of phenolic OH excluding ortho intramolecular Hbond substituents is 2. The van der Waals surface area contributed by atoms with E-state index in [-0.39, 0.29) is 24.7 Å². The molecule has 0 radical (unpaired) electrons. The second-order valence-electron chi connectivity index (χ2n) is 7.39. The Balaban J connectivity index is 1.88. The van der Waals surface area contributed by atoms with Crippen molar-refractivity contribution in [2.45, 2.75) is 49.9 Å². The summed E-state index contributed by atoms with van der Waals surface area (Å²) in [6.07, 6.45) is -3.84. The summed E-state index contributed by atoms with van der Waals surface area (Å²) in [7, 11) is 0. The molecule has 8 heteroatoms. The normalized spacial score (nSPS) is 35.4. The number of nitrogens with zero attached hydrogens (tertiary/aromatic N) is 1. The lowest BCUT2D eigenvalue weighted by molar-refractivity contribution is -0.328. The smallest absolute Gasteiger partial charge is 0.207 e. The van der Waals surface area contributed by atoms with Crippen molar-refractivity contribution in [3.05, 3.63) is 23.3 Å². The summed E-state index contributed by atoms with van der Waals surface area (Å²) in [5, 5.41) is 59.8. The molecular weight excluding hydrogens is 330 g/mol. The first-order valence-corrected chi connectivity index (χ1v) is 8.27. The molecule has 2 aliphatic heterocycles. The molecule has 25 heavy (non-hydrogen) atoms. The second kappa shape index (κ2) is 6.08. The van der Waals surface area contributed by atoms with Crippen molar-refractivity contribution in [2.75, 3.05) is 19.7 Å². The number of hydrogen-bond acceptors (Lipinski definition) is 8. The zero-order valence-corrected chi connectivity index (χ0v) is 14.3. The number of aliphatic hydroxyl groups excluding tert-OH is 3. The van der Waals surface area contributed by atoms with Gasteiger partial charge in [0.05, 0.1) is 13.2 Å². The molecule has 0 amide bonds. The number of β-amino-alcohol motifs (C(OH)–C–C–N with tert-alkyl or cyclic N) is 1. The number of aliphatic hydroxyl groups is 4. The molecule has 1 aromatic rings. The maximum Gasteiger partial charge on any atom is 0.207 e. The van der Waals surface area contributed by atoms with E-state index in [0.717, 1.165) is 11.1 Å². The van der Waals surface area contributed by atoms with E-state index in [1.165, 1.54) is 12.1 Å². The van der Waals surface area contributed by atoms with Crippen molar-refractivity contribution in [1.82, 2.24) is 4.90 Å². The fraction of sp³-hybridized carbons (Fsp3) is 0.647. The molecule has 1 aromatic carbocycles. The highest BCUT2D eigenvalue weighted by Crippen LogP contribution is 2.41. The highest BCUT2D eigenvalue weighted by molar-refractivity contribution is 5.49. The number of aromatic hydroxyl groups is 2. The Labute approximate surface area is 145 Å². The van der Waals surface area contributed by atoms with E-state index >= 15 is 0 Å². The Morgan fingerprint density at radius 2 is 1.80 bits per heavy atom. The van der Waals surface area contributed by atoms with Crippen LogP contribution in [0.4, 0.5) is 0 Å². The topological polar surface area (TPSA) is 134 Å². The van der Waals surface area contributed by atoms with Gasteiger partial charge in [-0.15, -0.1) is 0 Å². The van der Waals surface area contributed by atoms with Crippen LogP contribution in [0.1, 0.15) is 25.0 Å². The predicted molar refractivity (Wildman–Crippen MR) is 87.0 cm³/mol. The van der Waals surface area contributed by atoms with Gasteiger partial charge in [0.1, 0.15) is 18.3 Å². The fourth-order valence-electron chi connectivity index (χ4n) is 3.68. The first-order chi connectivity index (χ1) is 11.6. The van der Waals surface area contributed by atoms with Crippen molar-refractivity contribution >= 4 is 0 Å². The summed E-state index contributed by atoms with van der Waals surface area (Å²) in [6, 6.07) is 3.03. The summed E-state index contributed by atoms with van der Waals surface area (Å²) in [6.45, 7) is 3.93. The van der Waals surface area contributed by atoms with Gasteiger partial charge in [-0.05, 0) is 43.5 Å². The summed E-state index contributed by atoms with van der Waals surface area (Å²) in [4.78, 5) is 1.87. The van der Waals surface area contributed by atoms with Gasteiger partial charge in [-0.1, -0.05) is 0 Å². The second-order valence-corrected chi connectivity index (χ2v) is 7.39. The van der Waals surface area contributed by atoms with Crippen LogP contribution in [-0.2, 0) is 16.7 Å². The first kappa shape index (κ1) is 18.4. The molecule has 1 saturated heterocycles. The number of ether oxygens (including phenoxy) is 1. The third-order valence-corrected chi connectivity index (χ3v) is 5.40. The Bertz CT molecular complexity index is 665. The lowest BCUT2D eigenvalue weighted by Gasteiger charge is -2.49. The predicted octanol–water partition coefficient (Wildman–Crippen LogP) is -1.01. The van der Waals surface area contributed by atoms with E-state index in [1.807, 2.05) is 18.7 Å². The van der Waals surface area contributed by atoms with Crippen molar-refractivity contribution in [3.63, 3.8) is 0 Å². The van der Waals surface area contributed by atoms with Crippen molar-refractivity contribution in [2.24, 2.45) is 0 Å². The van der Waals surface area contributed by atoms with E-state index in [4.69, 9.17) is 4.74 Å². The van der Waals surface area contributed by atoms with Crippen LogP contribution in [0.15, 0.2) is 12.1 Å². The van der Waals surface area contributed by atoms with Crippen LogP contribution in [0, 0.1) is 0 Å². The molecule has 2 heterocycles. The van der Waals surface area contributed by atoms with Crippen molar-refractivity contribution in [3.8, 4) is 11.5 Å². The van der Waals surface area contributed by atoms with E-state index < -0.39 is 29.6 Å². The van der Waals surface area contributed by atoms with E-state index in [1.54, 1.807) is 0 Å². The molecule has 0 spiro atoms. The zero-order valence-electron chi connectivity index (χ0n) is 14.3. The molecule has 140 valence electrons. The van der Waals surface area contributed by atoms with Gasteiger partial charge in [-0.25, -0.2) is 0 Å². The standard InChI is InChI=1S/C17H25NO7/c1-16(2)10-6-12(20)11(19)5-9(10)3-4-18(16)8-17(24)15(23)14(22)13(21)7-25-17/h5-6,13-15,19-24H,3-4,7-8H2,1-2H3. The SMILES string of the molecule is CC1(C)c2cc(O)c(O)cc2CCN1CC1(O)OCC(O)C(O)C1O. The number of phenols is 2. The molecule has 0 saturated carbocycles. The molecule has 4 unspecified atom stereocenters. The third kappa shape index (κ3) is 2.99. The maximum atomic E-state index is 10.7. The Morgan fingerprint density at radius 1 is 1.16 bits per heavy atom. The lowest BCUT2D eigenvalue weighted by atomic mass is 9.82. The van der Waals surface area contributed by atoms with Gasteiger partial charge in [0.2, 0.25) is 5.79 Å². The van der Waals surface area contributed by atoms with Gasteiger partial charge in [0, 0.05) is 12.1 Å². The van der Waals surface area contributed by atoms with E-state index in [9.17, 15) is 30.6 Å². The van der Waals surface area contributed by atoms with E-state index in [0.29, 0.717) is 13.0 Å². The highest BCUT2D eigenvalue weighted by Gasteiger charge is 2.51. The van der Waals surface area contributed by atoms with Crippen LogP contribution in [0.5, 0.6) is 11.5 Å². The van der Waals surface area contributed by atoms with Crippen molar-refractivity contribution in [1.29, 1.82) is 0 Å². The van der Waals surface area contributed by atoms with E-state index in [2.05, 4.69) is 0 Å². The van der Waals surface area contributed by atoms with Crippen molar-refractivity contribution < 1.29 is 35.4 Å². The average Bonchev–Trinajstić information content (AvgIpc) is 2.55. The van der Waals surface area contributed by atoms with Gasteiger partial charge in [0.25, 0.3) is 0 Å². The molecule has 1 fully saturated rings. The van der Waals surface area contributed by atoms with Crippen LogP contribution in [-0.4, -0.2) is 79.3 Å². The van der Waals surface area contributed by atoms with Gasteiger partial charge >= 0.3 is 0 Å². The Morgan fingerprint density at radius 3 is 2.48 bits per heavy atom. The molecule has 6 N–H and O–H groups in total. The van der Waals surface area contributed by atoms with Crippen LogP contribution >= 0.6 is 0 Å².